The van der Waals surface area contributed by atoms with E-state index in [2.05, 4.69) is 58.2 Å². The van der Waals surface area contributed by atoms with E-state index in [1.165, 1.54) is 0 Å². The molecule has 4 rings (SSSR count). The number of aliphatic hydroxyl groups excluding tert-OH is 1. The van der Waals surface area contributed by atoms with Crippen LogP contribution in [0, 0.1) is 6.92 Å². The highest BCUT2D eigenvalue weighted by molar-refractivity contribution is 5.98. The van der Waals surface area contributed by atoms with Gasteiger partial charge in [0.15, 0.2) is 0 Å². The van der Waals surface area contributed by atoms with Crippen molar-refractivity contribution in [2.45, 2.75) is 103 Å². The molecular formula is C37H60N7O4+. The quantitative estimate of drug-likeness (QED) is 0.157. The summed E-state index contributed by atoms with van der Waals surface area (Å²) in [5.41, 5.74) is 8.95. The molecule has 4 unspecified atom stereocenters. The number of pyridine rings is 1. The van der Waals surface area contributed by atoms with Gasteiger partial charge in [-0.05, 0) is 63.0 Å². The van der Waals surface area contributed by atoms with Crippen molar-refractivity contribution in [2.75, 3.05) is 33.8 Å². The number of nitrogens with zero attached hydrogens (tertiary/aromatic N) is 2. The first-order valence-electron chi connectivity index (χ1n) is 17.1. The standard InChI is InChI=1S/C26H41N5O3.C9H12N2O.C2H6/c1-7-10-21(27)30-20(15-28-8-2)26(5)23(32)19(16-31(26)6)29-24(33)17-11-9-12-18-22(17)34-14-13-25(18,3)4;1-7-3-4-8(11-6-7)5-9(12)10-2;1-2/h8-9,11-12,19-20,23,28,32H,2,7,10,13-16H2,1,3-6H3,(H2,27,30)(H,29,33);3-4,6H,5H2,1-2H3,(H,10,12);1-2H3/p+1. The van der Waals surface area contributed by atoms with Crippen LogP contribution >= 0.6 is 0 Å². The van der Waals surface area contributed by atoms with Gasteiger partial charge in [-0.1, -0.05) is 59.4 Å². The molecule has 4 atom stereocenters. The molecule has 2 aliphatic rings. The molecule has 1 saturated heterocycles. The van der Waals surface area contributed by atoms with E-state index in [9.17, 15) is 14.7 Å². The lowest BCUT2D eigenvalue weighted by molar-refractivity contribution is -0.523. The highest BCUT2D eigenvalue weighted by Crippen LogP contribution is 2.40. The Kier molecular flexibility index (Phi) is 15.5. The van der Waals surface area contributed by atoms with Crippen LogP contribution in [0.3, 0.4) is 0 Å². The van der Waals surface area contributed by atoms with Crippen LogP contribution in [0.4, 0.5) is 0 Å². The Morgan fingerprint density at radius 2 is 1.96 bits per heavy atom. The summed E-state index contributed by atoms with van der Waals surface area (Å²) in [7, 11) is 3.58. The molecule has 3 heterocycles. The van der Waals surface area contributed by atoms with Crippen molar-refractivity contribution >= 4 is 17.6 Å². The number of aryl methyl sites for hydroxylation is 1. The van der Waals surface area contributed by atoms with Crippen molar-refractivity contribution in [3.63, 3.8) is 0 Å². The van der Waals surface area contributed by atoms with Gasteiger partial charge in [-0.2, -0.15) is 0 Å². The second-order valence-electron chi connectivity index (χ2n) is 13.1. The average molecular weight is 667 g/mol. The van der Waals surface area contributed by atoms with Gasteiger partial charge in [-0.3, -0.25) is 30.2 Å². The normalized spacial score (nSPS) is 21.9. The largest absolute Gasteiger partial charge is 0.492 e. The van der Waals surface area contributed by atoms with E-state index in [1.807, 2.05) is 59.0 Å². The van der Waals surface area contributed by atoms with Crippen molar-refractivity contribution in [1.29, 1.82) is 0 Å². The maximum atomic E-state index is 13.4. The van der Waals surface area contributed by atoms with Gasteiger partial charge in [0.2, 0.25) is 11.7 Å². The molecule has 7 N–H and O–H groups in total. The molecule has 0 radical (unpaired) electrons. The first kappa shape index (κ1) is 40.2. The van der Waals surface area contributed by atoms with Gasteiger partial charge >= 0.3 is 0 Å². The summed E-state index contributed by atoms with van der Waals surface area (Å²) in [5, 5.41) is 20.3. The lowest BCUT2D eigenvalue weighted by atomic mass is 9.79. The van der Waals surface area contributed by atoms with E-state index < -0.39 is 17.7 Å². The molecule has 0 aliphatic carbocycles. The second-order valence-corrected chi connectivity index (χ2v) is 13.1. The van der Waals surface area contributed by atoms with Crippen LogP contribution < -0.4 is 31.4 Å². The van der Waals surface area contributed by atoms with E-state index in [1.54, 1.807) is 25.5 Å². The lowest BCUT2D eigenvalue weighted by Gasteiger charge is -2.39. The van der Waals surface area contributed by atoms with Crippen molar-refractivity contribution in [1.82, 2.24) is 25.8 Å². The SMILES string of the molecule is C=CNCC([NH+]=C(N)CCC)C1(C)C(O)C(NC(=O)c2cccc3c2OCCC3(C)C)CN1C.CC.CNC(=O)Cc1ccc(C)cn1. The molecule has 0 spiro atoms. The number of ether oxygens (including phenoxy) is 1. The minimum Gasteiger partial charge on any atom is -0.492 e. The molecule has 0 saturated carbocycles. The van der Waals surface area contributed by atoms with E-state index in [-0.39, 0.29) is 23.3 Å². The highest BCUT2D eigenvalue weighted by Gasteiger charge is 2.54. The first-order valence-corrected chi connectivity index (χ1v) is 17.1. The van der Waals surface area contributed by atoms with Gasteiger partial charge in [0.1, 0.15) is 11.8 Å². The maximum absolute atomic E-state index is 13.4. The fourth-order valence-corrected chi connectivity index (χ4v) is 6.04. The number of para-hydroxylation sites is 1. The summed E-state index contributed by atoms with van der Waals surface area (Å²) in [5.74, 6) is 1.09. The number of rotatable bonds is 11. The van der Waals surface area contributed by atoms with Crippen LogP contribution in [0.2, 0.25) is 0 Å². The zero-order chi connectivity index (χ0) is 36.1. The zero-order valence-corrected chi connectivity index (χ0v) is 30.6. The van der Waals surface area contributed by atoms with Crippen LogP contribution in [0.25, 0.3) is 0 Å². The van der Waals surface area contributed by atoms with Crippen LogP contribution in [0.1, 0.15) is 88.0 Å². The molecule has 1 fully saturated rings. The minimum atomic E-state index is -0.822. The molecule has 11 nitrogen and oxygen atoms in total. The Labute approximate surface area is 287 Å². The average Bonchev–Trinajstić information content (AvgIpc) is 3.28. The number of carbonyl (C=O) groups excluding carboxylic acids is 2. The minimum absolute atomic E-state index is 0.00801. The Bertz CT molecular complexity index is 1380. The van der Waals surface area contributed by atoms with E-state index in [0.29, 0.717) is 43.3 Å². The number of aliphatic hydroxyl groups is 1. The van der Waals surface area contributed by atoms with Crippen molar-refractivity contribution in [2.24, 2.45) is 5.73 Å². The Morgan fingerprint density at radius 1 is 1.25 bits per heavy atom. The van der Waals surface area contributed by atoms with Gasteiger partial charge in [0, 0.05) is 37.5 Å². The smallest absolute Gasteiger partial charge is 0.255 e. The fraction of sp³-hybridized carbons (Fsp3) is 0.568. The number of nitrogens with two attached hydrogens (primary N) is 1. The van der Waals surface area contributed by atoms with Gasteiger partial charge in [-0.15, -0.1) is 0 Å². The Balaban J connectivity index is 0.000000478. The summed E-state index contributed by atoms with van der Waals surface area (Å²) in [6.45, 7) is 19.7. The topological polar surface area (TPSA) is 156 Å². The number of hydrogen-bond donors (Lipinski definition) is 6. The highest BCUT2D eigenvalue weighted by atomic mass is 16.5. The van der Waals surface area contributed by atoms with Crippen LogP contribution in [0.5, 0.6) is 5.75 Å². The molecule has 2 amide bonds. The summed E-state index contributed by atoms with van der Waals surface area (Å²) in [4.78, 5) is 33.9. The zero-order valence-electron chi connectivity index (χ0n) is 30.6. The molecule has 2 aliphatic heterocycles. The van der Waals surface area contributed by atoms with Crippen LogP contribution in [-0.2, 0) is 16.6 Å². The van der Waals surface area contributed by atoms with Crippen LogP contribution in [-0.4, -0.2) is 90.2 Å². The summed E-state index contributed by atoms with van der Waals surface area (Å²) in [6, 6.07) is 8.89. The van der Waals surface area contributed by atoms with E-state index in [0.717, 1.165) is 36.1 Å². The third-order valence-electron chi connectivity index (χ3n) is 9.20. The predicted octanol–water partition coefficient (Wildman–Crippen LogP) is 1.95. The number of carbonyl (C=O) groups is 2. The molecule has 1 aromatic heterocycles. The fourth-order valence-electron chi connectivity index (χ4n) is 6.04. The first-order chi connectivity index (χ1) is 22.8. The Morgan fingerprint density at radius 3 is 2.56 bits per heavy atom. The number of benzene rings is 1. The number of amides is 2. The van der Waals surface area contributed by atoms with Gasteiger partial charge < -0.3 is 25.8 Å². The molecule has 48 heavy (non-hydrogen) atoms. The van der Waals surface area contributed by atoms with E-state index in [4.69, 9.17) is 10.5 Å². The predicted molar refractivity (Wildman–Crippen MR) is 193 cm³/mol. The monoisotopic (exact) mass is 666 g/mol. The molecule has 11 heteroatoms. The maximum Gasteiger partial charge on any atom is 0.255 e. The molecule has 1 aromatic carbocycles. The number of likely N-dealkylation sites (N-methyl/N-ethyl adjacent to an activating group) is 2. The molecule has 266 valence electrons. The van der Waals surface area contributed by atoms with Gasteiger partial charge in [0.25, 0.3) is 5.91 Å². The third kappa shape index (κ3) is 10.0. The molecule has 2 aromatic rings. The third-order valence-corrected chi connectivity index (χ3v) is 9.20. The van der Waals surface area contributed by atoms with Gasteiger partial charge in [-0.25, -0.2) is 0 Å². The number of aromatic nitrogens is 1. The number of hydrogen-bond acceptors (Lipinski definition) is 7. The van der Waals surface area contributed by atoms with Crippen molar-refractivity contribution in [3.05, 3.63) is 71.7 Å². The second kappa shape index (κ2) is 18.5. The lowest BCUT2D eigenvalue weighted by Crippen LogP contribution is -2.90. The number of amidine groups is 1. The van der Waals surface area contributed by atoms with Crippen molar-refractivity contribution < 1.29 is 24.4 Å². The van der Waals surface area contributed by atoms with E-state index >= 15 is 0 Å². The summed E-state index contributed by atoms with van der Waals surface area (Å²) < 4.78 is 5.94. The number of nitrogens with one attached hydrogen (secondary N) is 4. The number of fused-ring (bicyclic) bond motifs is 1. The molecular weight excluding hydrogens is 606 g/mol. The molecule has 0 bridgehead atoms. The van der Waals surface area contributed by atoms with Crippen molar-refractivity contribution in [3.8, 4) is 5.75 Å². The van der Waals surface area contributed by atoms with Crippen LogP contribution in [0.15, 0.2) is 49.3 Å². The summed E-state index contributed by atoms with van der Waals surface area (Å²) in [6.07, 6.45) is 5.51. The Hall–Kier alpha value is -3.96. The summed E-state index contributed by atoms with van der Waals surface area (Å²) >= 11 is 0. The number of likely N-dealkylation sites (tertiary alicyclic amines) is 1. The van der Waals surface area contributed by atoms with Gasteiger partial charge in [0.05, 0.1) is 42.8 Å².